The first kappa shape index (κ1) is 15.1. The first-order chi connectivity index (χ1) is 10.7. The quantitative estimate of drug-likeness (QED) is 0.942. The van der Waals surface area contributed by atoms with E-state index in [1.807, 2.05) is 11.9 Å². The summed E-state index contributed by atoms with van der Waals surface area (Å²) >= 11 is 1.41. The van der Waals surface area contributed by atoms with Crippen molar-refractivity contribution >= 4 is 17.2 Å². The van der Waals surface area contributed by atoms with Crippen molar-refractivity contribution in [1.82, 2.24) is 15.2 Å². The zero-order valence-electron chi connectivity index (χ0n) is 12.4. The van der Waals surface area contributed by atoms with E-state index < -0.39 is 0 Å². The van der Waals surface area contributed by atoms with Gasteiger partial charge in [0.25, 0.3) is 5.91 Å². The van der Waals surface area contributed by atoms with Crippen LogP contribution < -0.4 is 5.32 Å². The van der Waals surface area contributed by atoms with Crippen LogP contribution in [-0.4, -0.2) is 42.0 Å². The largest absolute Gasteiger partial charge is 0.333 e. The molecule has 3 rings (SSSR count). The number of hydrogen-bond acceptors (Lipinski definition) is 4. The van der Waals surface area contributed by atoms with Crippen LogP contribution in [0.1, 0.15) is 23.3 Å². The van der Waals surface area contributed by atoms with Gasteiger partial charge in [-0.1, -0.05) is 0 Å². The Balaban J connectivity index is 1.78. The highest BCUT2D eigenvalue weighted by Gasteiger charge is 2.30. The van der Waals surface area contributed by atoms with Crippen LogP contribution in [0.15, 0.2) is 29.6 Å². The zero-order chi connectivity index (χ0) is 15.5. The van der Waals surface area contributed by atoms with Crippen molar-refractivity contribution in [2.75, 3.05) is 20.1 Å². The molecule has 0 spiro atoms. The third kappa shape index (κ3) is 3.03. The van der Waals surface area contributed by atoms with Crippen molar-refractivity contribution in [3.05, 3.63) is 41.2 Å². The molecule has 22 heavy (non-hydrogen) atoms. The number of carbonyl (C=O) groups excluding carboxylic acids is 1. The van der Waals surface area contributed by atoms with Gasteiger partial charge in [-0.3, -0.25) is 4.79 Å². The minimum Gasteiger partial charge on any atom is -0.333 e. The van der Waals surface area contributed by atoms with Gasteiger partial charge in [0.2, 0.25) is 0 Å². The van der Waals surface area contributed by atoms with Crippen LogP contribution in [0.4, 0.5) is 4.39 Å². The zero-order valence-corrected chi connectivity index (χ0v) is 13.2. The van der Waals surface area contributed by atoms with Crippen molar-refractivity contribution in [3.8, 4) is 10.6 Å². The fourth-order valence-electron chi connectivity index (χ4n) is 2.80. The molecule has 0 bridgehead atoms. The number of nitrogens with one attached hydrogen (secondary N) is 1. The lowest BCUT2D eigenvalue weighted by Crippen LogP contribution is -2.40. The topological polar surface area (TPSA) is 45.2 Å². The minimum atomic E-state index is -0.274. The van der Waals surface area contributed by atoms with E-state index in [0.29, 0.717) is 5.69 Å². The summed E-state index contributed by atoms with van der Waals surface area (Å²) in [6.45, 7) is 1.59. The van der Waals surface area contributed by atoms with Gasteiger partial charge < -0.3 is 10.2 Å². The normalized spacial score (nSPS) is 17.9. The van der Waals surface area contributed by atoms with Gasteiger partial charge in [-0.15, -0.1) is 11.3 Å². The second-order valence-electron chi connectivity index (χ2n) is 5.40. The van der Waals surface area contributed by atoms with Crippen LogP contribution in [-0.2, 0) is 0 Å². The number of carbonyl (C=O) groups is 1. The van der Waals surface area contributed by atoms with Crippen LogP contribution >= 0.6 is 11.3 Å². The van der Waals surface area contributed by atoms with E-state index >= 15 is 0 Å². The van der Waals surface area contributed by atoms with Gasteiger partial charge in [-0.25, -0.2) is 9.37 Å². The molecule has 0 saturated carbocycles. The second kappa shape index (κ2) is 6.54. The molecule has 2 heterocycles. The Labute approximate surface area is 133 Å². The number of likely N-dealkylation sites (N-methyl/N-ethyl adjacent to an activating group) is 1. The van der Waals surface area contributed by atoms with Gasteiger partial charge in [0.1, 0.15) is 16.5 Å². The van der Waals surface area contributed by atoms with E-state index in [0.717, 1.165) is 36.5 Å². The van der Waals surface area contributed by atoms with Gasteiger partial charge in [0, 0.05) is 30.1 Å². The molecular formula is C16H18FN3OS. The summed E-state index contributed by atoms with van der Waals surface area (Å²) in [4.78, 5) is 18.9. The molecule has 1 fully saturated rings. The number of aromatic nitrogens is 1. The number of thiazole rings is 1. The summed E-state index contributed by atoms with van der Waals surface area (Å²) in [5, 5.41) is 5.67. The summed E-state index contributed by atoms with van der Waals surface area (Å²) in [5.41, 5.74) is 1.31. The fraction of sp³-hybridized carbons (Fsp3) is 0.375. The summed E-state index contributed by atoms with van der Waals surface area (Å²) in [7, 11) is 1.90. The minimum absolute atomic E-state index is 0.0117. The molecule has 6 heteroatoms. The highest BCUT2D eigenvalue weighted by atomic mass is 32.1. The molecule has 1 aliphatic rings. The Bertz CT molecular complexity index is 656. The predicted molar refractivity (Wildman–Crippen MR) is 85.5 cm³/mol. The van der Waals surface area contributed by atoms with Crippen molar-refractivity contribution in [2.24, 2.45) is 0 Å². The Morgan fingerprint density at radius 3 is 2.95 bits per heavy atom. The lowest BCUT2D eigenvalue weighted by molar-refractivity contribution is 0.0732. The average molecular weight is 319 g/mol. The van der Waals surface area contributed by atoms with Crippen LogP contribution in [0, 0.1) is 5.82 Å². The SMILES string of the molecule is CNCC1CCCN1C(=O)c1csc(-c2ccc(F)cc2)n1. The van der Waals surface area contributed by atoms with E-state index in [4.69, 9.17) is 0 Å². The summed E-state index contributed by atoms with van der Waals surface area (Å²) in [6, 6.07) is 6.42. The maximum atomic E-state index is 13.0. The third-order valence-electron chi connectivity index (χ3n) is 3.89. The molecule has 1 N–H and O–H groups in total. The maximum Gasteiger partial charge on any atom is 0.273 e. The third-order valence-corrected chi connectivity index (χ3v) is 4.78. The number of amides is 1. The van der Waals surface area contributed by atoms with E-state index in [2.05, 4.69) is 10.3 Å². The number of likely N-dealkylation sites (tertiary alicyclic amines) is 1. The van der Waals surface area contributed by atoms with Crippen LogP contribution in [0.3, 0.4) is 0 Å². The monoisotopic (exact) mass is 319 g/mol. The van der Waals surface area contributed by atoms with Crippen molar-refractivity contribution in [2.45, 2.75) is 18.9 Å². The van der Waals surface area contributed by atoms with E-state index in [9.17, 15) is 9.18 Å². The highest BCUT2D eigenvalue weighted by Crippen LogP contribution is 2.26. The molecule has 116 valence electrons. The Morgan fingerprint density at radius 2 is 2.23 bits per heavy atom. The highest BCUT2D eigenvalue weighted by molar-refractivity contribution is 7.13. The molecule has 4 nitrogen and oxygen atoms in total. The average Bonchev–Trinajstić information content (AvgIpc) is 3.17. The van der Waals surface area contributed by atoms with E-state index in [-0.39, 0.29) is 17.8 Å². The molecule has 1 amide bonds. The number of halogens is 1. The Morgan fingerprint density at radius 1 is 1.45 bits per heavy atom. The van der Waals surface area contributed by atoms with Crippen LogP contribution in [0.2, 0.25) is 0 Å². The lowest BCUT2D eigenvalue weighted by Gasteiger charge is -2.23. The van der Waals surface area contributed by atoms with E-state index in [1.165, 1.54) is 23.5 Å². The molecule has 0 aliphatic carbocycles. The van der Waals surface area contributed by atoms with Gasteiger partial charge in [0.15, 0.2) is 0 Å². The number of benzene rings is 1. The molecule has 1 atom stereocenters. The number of nitrogens with zero attached hydrogens (tertiary/aromatic N) is 2. The fourth-order valence-corrected chi connectivity index (χ4v) is 3.60. The second-order valence-corrected chi connectivity index (χ2v) is 6.26. The first-order valence-corrected chi connectivity index (χ1v) is 8.24. The summed E-state index contributed by atoms with van der Waals surface area (Å²) in [5.74, 6) is -0.286. The van der Waals surface area contributed by atoms with Crippen molar-refractivity contribution in [3.63, 3.8) is 0 Å². The van der Waals surface area contributed by atoms with Crippen LogP contribution in [0.5, 0.6) is 0 Å². The molecule has 1 unspecified atom stereocenters. The molecule has 2 aromatic rings. The number of rotatable bonds is 4. The molecule has 1 aliphatic heterocycles. The Kier molecular flexibility index (Phi) is 4.49. The Hall–Kier alpha value is -1.79. The van der Waals surface area contributed by atoms with Crippen molar-refractivity contribution < 1.29 is 9.18 Å². The lowest BCUT2D eigenvalue weighted by atomic mass is 10.2. The molecule has 0 radical (unpaired) electrons. The molecule has 1 aromatic carbocycles. The molecule has 1 saturated heterocycles. The van der Waals surface area contributed by atoms with Crippen LogP contribution in [0.25, 0.3) is 10.6 Å². The standard InChI is InChI=1S/C16H18FN3OS/c1-18-9-13-3-2-8-20(13)16(21)14-10-22-15(19-14)11-4-6-12(17)7-5-11/h4-7,10,13,18H,2-3,8-9H2,1H3. The van der Waals surface area contributed by atoms with Gasteiger partial charge in [-0.05, 0) is 44.2 Å². The predicted octanol–water partition coefficient (Wildman–Crippen LogP) is 2.77. The first-order valence-electron chi connectivity index (χ1n) is 7.36. The van der Waals surface area contributed by atoms with Gasteiger partial charge in [-0.2, -0.15) is 0 Å². The molecular weight excluding hydrogens is 301 g/mol. The summed E-state index contributed by atoms with van der Waals surface area (Å²) in [6.07, 6.45) is 2.06. The smallest absolute Gasteiger partial charge is 0.273 e. The van der Waals surface area contributed by atoms with E-state index in [1.54, 1.807) is 17.5 Å². The van der Waals surface area contributed by atoms with Crippen molar-refractivity contribution in [1.29, 1.82) is 0 Å². The molecule has 1 aromatic heterocycles. The van der Waals surface area contributed by atoms with Gasteiger partial charge >= 0.3 is 0 Å². The summed E-state index contributed by atoms with van der Waals surface area (Å²) < 4.78 is 13.0. The number of hydrogen-bond donors (Lipinski definition) is 1. The maximum absolute atomic E-state index is 13.0. The van der Waals surface area contributed by atoms with Gasteiger partial charge in [0.05, 0.1) is 0 Å².